The van der Waals surface area contributed by atoms with Crippen molar-refractivity contribution in [1.82, 2.24) is 18.8 Å². The number of piperazine rings is 1. The van der Waals surface area contributed by atoms with Crippen LogP contribution in [-0.4, -0.2) is 78.7 Å². The van der Waals surface area contributed by atoms with E-state index in [1.54, 1.807) is 59.0 Å². The van der Waals surface area contributed by atoms with Crippen LogP contribution in [0.2, 0.25) is 0 Å². The van der Waals surface area contributed by atoms with E-state index in [4.69, 9.17) is 4.74 Å². The van der Waals surface area contributed by atoms with Crippen LogP contribution in [0.15, 0.2) is 63.4 Å². The molecule has 0 radical (unpaired) electrons. The van der Waals surface area contributed by atoms with Gasteiger partial charge < -0.3 is 9.64 Å². The molecule has 1 aromatic heterocycles. The Balaban J connectivity index is 1.44. The molecule has 0 spiro atoms. The molecule has 0 bridgehead atoms. The lowest BCUT2D eigenvalue weighted by Crippen LogP contribution is -2.51. The Morgan fingerprint density at radius 1 is 1.08 bits per heavy atom. The van der Waals surface area contributed by atoms with Gasteiger partial charge >= 0.3 is 0 Å². The number of carbonyl (C=O) groups excluding carboxylic acids is 1. The zero-order chi connectivity index (χ0) is 25.9. The highest BCUT2D eigenvalue weighted by Crippen LogP contribution is 2.23. The van der Waals surface area contributed by atoms with E-state index in [-0.39, 0.29) is 41.2 Å². The van der Waals surface area contributed by atoms with Crippen LogP contribution in [0.4, 0.5) is 0 Å². The predicted molar refractivity (Wildman–Crippen MR) is 140 cm³/mol. The first-order valence-electron chi connectivity index (χ1n) is 11.7. The molecule has 1 unspecified atom stereocenters. The summed E-state index contributed by atoms with van der Waals surface area (Å²) in [6.45, 7) is 5.20. The SMILES string of the molecule is COCC(C)n1c(SCC(=O)N2CCN(S(=O)(=O)c3ccc(C)cc3)CC2)nc2ccccc2c1=O. The van der Waals surface area contributed by atoms with Crippen LogP contribution in [0.1, 0.15) is 18.5 Å². The monoisotopic (exact) mass is 530 g/mol. The minimum Gasteiger partial charge on any atom is -0.383 e. The molecule has 11 heteroatoms. The van der Waals surface area contributed by atoms with Crippen LogP contribution in [0, 0.1) is 6.92 Å². The van der Waals surface area contributed by atoms with Crippen LogP contribution in [0.5, 0.6) is 0 Å². The average Bonchev–Trinajstić information content (AvgIpc) is 2.88. The van der Waals surface area contributed by atoms with E-state index in [0.717, 1.165) is 5.56 Å². The summed E-state index contributed by atoms with van der Waals surface area (Å²) < 4.78 is 34.1. The molecule has 36 heavy (non-hydrogen) atoms. The van der Waals surface area contributed by atoms with Crippen molar-refractivity contribution in [2.45, 2.75) is 29.9 Å². The molecule has 1 atom stereocenters. The fourth-order valence-corrected chi connectivity index (χ4v) is 6.61. The number of methoxy groups -OCH3 is 1. The summed E-state index contributed by atoms with van der Waals surface area (Å²) >= 11 is 1.21. The molecule has 2 heterocycles. The van der Waals surface area contributed by atoms with Gasteiger partial charge in [-0.15, -0.1) is 0 Å². The highest BCUT2D eigenvalue weighted by atomic mass is 32.2. The molecule has 9 nitrogen and oxygen atoms in total. The minimum absolute atomic E-state index is 0.0925. The number of hydrogen-bond donors (Lipinski definition) is 0. The van der Waals surface area contributed by atoms with E-state index >= 15 is 0 Å². The Morgan fingerprint density at radius 3 is 2.42 bits per heavy atom. The molecule has 192 valence electrons. The summed E-state index contributed by atoms with van der Waals surface area (Å²) in [6.07, 6.45) is 0. The molecule has 1 aliphatic rings. The third kappa shape index (κ3) is 5.49. The Morgan fingerprint density at radius 2 is 1.75 bits per heavy atom. The van der Waals surface area contributed by atoms with Gasteiger partial charge in [-0.05, 0) is 38.1 Å². The first kappa shape index (κ1) is 26.3. The van der Waals surface area contributed by atoms with Gasteiger partial charge in [-0.25, -0.2) is 13.4 Å². The van der Waals surface area contributed by atoms with E-state index in [2.05, 4.69) is 4.98 Å². The smallest absolute Gasteiger partial charge is 0.262 e. The van der Waals surface area contributed by atoms with Crippen LogP contribution in [0.3, 0.4) is 0 Å². The molecule has 4 rings (SSSR count). The van der Waals surface area contributed by atoms with Gasteiger partial charge in [0.15, 0.2) is 5.16 Å². The number of hydrogen-bond acceptors (Lipinski definition) is 7. The maximum absolute atomic E-state index is 13.2. The fraction of sp³-hybridized carbons (Fsp3) is 0.400. The first-order chi connectivity index (χ1) is 17.2. The van der Waals surface area contributed by atoms with Crippen LogP contribution < -0.4 is 5.56 Å². The molecule has 0 N–H and O–H groups in total. The molecule has 1 amide bonds. The van der Waals surface area contributed by atoms with Crippen molar-refractivity contribution in [2.24, 2.45) is 0 Å². The Kier molecular flexibility index (Phi) is 8.13. The number of thioether (sulfide) groups is 1. The molecular formula is C25H30N4O5S2. The van der Waals surface area contributed by atoms with Gasteiger partial charge in [0.1, 0.15) is 0 Å². The van der Waals surface area contributed by atoms with Crippen molar-refractivity contribution in [2.75, 3.05) is 45.6 Å². The van der Waals surface area contributed by atoms with Gasteiger partial charge in [0.25, 0.3) is 5.56 Å². The van der Waals surface area contributed by atoms with Crippen molar-refractivity contribution in [3.05, 3.63) is 64.4 Å². The van der Waals surface area contributed by atoms with E-state index in [9.17, 15) is 18.0 Å². The maximum Gasteiger partial charge on any atom is 0.262 e. The number of benzene rings is 2. The van der Waals surface area contributed by atoms with E-state index in [1.807, 2.05) is 19.9 Å². The highest BCUT2D eigenvalue weighted by molar-refractivity contribution is 7.99. The quantitative estimate of drug-likeness (QED) is 0.326. The average molecular weight is 531 g/mol. The zero-order valence-electron chi connectivity index (χ0n) is 20.6. The molecule has 2 aromatic carbocycles. The summed E-state index contributed by atoms with van der Waals surface area (Å²) in [4.78, 5) is 32.7. The zero-order valence-corrected chi connectivity index (χ0v) is 22.2. The van der Waals surface area contributed by atoms with Crippen molar-refractivity contribution in [3.8, 4) is 0 Å². The molecule has 0 saturated carbocycles. The lowest BCUT2D eigenvalue weighted by Gasteiger charge is -2.34. The van der Waals surface area contributed by atoms with E-state index in [0.29, 0.717) is 35.8 Å². The van der Waals surface area contributed by atoms with Gasteiger partial charge in [0, 0.05) is 33.3 Å². The van der Waals surface area contributed by atoms with Crippen LogP contribution in [0.25, 0.3) is 10.9 Å². The molecular weight excluding hydrogens is 500 g/mol. The number of para-hydroxylation sites is 1. The predicted octanol–water partition coefficient (Wildman–Crippen LogP) is 2.54. The number of aromatic nitrogens is 2. The molecule has 1 fully saturated rings. The van der Waals surface area contributed by atoms with E-state index in [1.165, 1.54) is 16.1 Å². The molecule has 1 aliphatic heterocycles. The van der Waals surface area contributed by atoms with Gasteiger partial charge in [0.2, 0.25) is 15.9 Å². The third-order valence-corrected chi connectivity index (χ3v) is 9.05. The van der Waals surface area contributed by atoms with Crippen molar-refractivity contribution in [3.63, 3.8) is 0 Å². The number of amides is 1. The van der Waals surface area contributed by atoms with Crippen molar-refractivity contribution < 1.29 is 17.9 Å². The maximum atomic E-state index is 13.2. The number of rotatable bonds is 8. The summed E-state index contributed by atoms with van der Waals surface area (Å²) in [6, 6.07) is 13.7. The second-order valence-electron chi connectivity index (χ2n) is 8.78. The summed E-state index contributed by atoms with van der Waals surface area (Å²) in [5.41, 5.74) is 1.40. The van der Waals surface area contributed by atoms with Gasteiger partial charge in [0.05, 0.1) is 34.2 Å². The topological polar surface area (TPSA) is 102 Å². The standard InChI is InChI=1S/C25H30N4O5S2/c1-18-8-10-20(11-9-18)36(32,33)28-14-12-27(13-15-28)23(30)17-35-25-26-22-7-5-4-6-21(22)24(31)29(25)19(2)16-34-3/h4-11,19H,12-17H2,1-3H3. The summed E-state index contributed by atoms with van der Waals surface area (Å²) in [7, 11) is -2.02. The Hall–Kier alpha value is -2.73. The number of ether oxygens (including phenoxy) is 1. The summed E-state index contributed by atoms with van der Waals surface area (Å²) in [5, 5.41) is 0.972. The molecule has 1 saturated heterocycles. The normalized spacial score (nSPS) is 15.8. The number of sulfonamides is 1. The summed E-state index contributed by atoms with van der Waals surface area (Å²) in [5.74, 6) is -0.0319. The van der Waals surface area contributed by atoms with Gasteiger partial charge in [-0.1, -0.05) is 41.6 Å². The molecule has 3 aromatic rings. The number of fused-ring (bicyclic) bond motifs is 1. The van der Waals surface area contributed by atoms with E-state index < -0.39 is 10.0 Å². The lowest BCUT2D eigenvalue weighted by atomic mass is 10.2. The number of carbonyl (C=O) groups is 1. The number of aryl methyl sites for hydroxylation is 1. The second kappa shape index (κ2) is 11.1. The third-order valence-electron chi connectivity index (χ3n) is 6.20. The highest BCUT2D eigenvalue weighted by Gasteiger charge is 2.30. The largest absolute Gasteiger partial charge is 0.383 e. The Labute approximate surface area is 215 Å². The minimum atomic E-state index is -3.60. The van der Waals surface area contributed by atoms with Crippen molar-refractivity contribution in [1.29, 1.82) is 0 Å². The first-order valence-corrected chi connectivity index (χ1v) is 14.1. The van der Waals surface area contributed by atoms with Gasteiger partial charge in [-0.3, -0.25) is 14.2 Å². The van der Waals surface area contributed by atoms with Gasteiger partial charge in [-0.2, -0.15) is 4.31 Å². The van der Waals surface area contributed by atoms with Crippen molar-refractivity contribution >= 4 is 38.6 Å². The number of nitrogens with zero attached hydrogens (tertiary/aromatic N) is 4. The lowest BCUT2D eigenvalue weighted by molar-refractivity contribution is -0.129. The van der Waals surface area contributed by atoms with Crippen LogP contribution >= 0.6 is 11.8 Å². The Bertz CT molecular complexity index is 1400. The fourth-order valence-electron chi connectivity index (χ4n) is 4.19. The van der Waals surface area contributed by atoms with Crippen LogP contribution in [-0.2, 0) is 19.6 Å². The second-order valence-corrected chi connectivity index (χ2v) is 11.7. The molecule has 0 aliphatic carbocycles.